The first kappa shape index (κ1) is 7.49. The van der Waals surface area contributed by atoms with Crippen LogP contribution >= 0.6 is 15.9 Å². The number of halogens is 1. The van der Waals surface area contributed by atoms with E-state index < -0.39 is 0 Å². The third-order valence-electron chi connectivity index (χ3n) is 1.60. The van der Waals surface area contributed by atoms with Crippen LogP contribution in [0.15, 0.2) is 28.9 Å². The molecule has 12 heavy (non-hydrogen) atoms. The van der Waals surface area contributed by atoms with Crippen molar-refractivity contribution in [3.63, 3.8) is 0 Å². The highest BCUT2D eigenvalue weighted by molar-refractivity contribution is 9.10. The Morgan fingerprint density at radius 3 is 2.92 bits per heavy atom. The Kier molecular flexibility index (Phi) is 1.69. The minimum atomic E-state index is 0.154. The number of aromatic nitrogens is 2. The first-order valence-electron chi connectivity index (χ1n) is 3.38. The highest BCUT2D eigenvalue weighted by atomic mass is 79.9. The van der Waals surface area contributed by atoms with E-state index in [0.717, 1.165) is 9.86 Å². The lowest BCUT2D eigenvalue weighted by Gasteiger charge is -1.98. The van der Waals surface area contributed by atoms with Gasteiger partial charge in [-0.15, -0.1) is 5.10 Å². The maximum absolute atomic E-state index is 9.37. The smallest absolute Gasteiger partial charge is 0.143 e. The van der Waals surface area contributed by atoms with Crippen LogP contribution in [0.4, 0.5) is 0 Å². The van der Waals surface area contributed by atoms with Gasteiger partial charge < -0.3 is 5.11 Å². The summed E-state index contributed by atoms with van der Waals surface area (Å²) in [5.74, 6) is 0.154. The molecule has 0 aliphatic carbocycles. The Hall–Kier alpha value is -1.16. The van der Waals surface area contributed by atoms with E-state index >= 15 is 0 Å². The van der Waals surface area contributed by atoms with Gasteiger partial charge in [0, 0.05) is 9.86 Å². The number of phenols is 1. The van der Waals surface area contributed by atoms with Crippen molar-refractivity contribution in [1.29, 1.82) is 0 Å². The van der Waals surface area contributed by atoms with Crippen LogP contribution in [0.1, 0.15) is 0 Å². The number of fused-ring (bicyclic) bond motifs is 1. The Labute approximate surface area is 77.2 Å². The Morgan fingerprint density at radius 1 is 1.33 bits per heavy atom. The maximum Gasteiger partial charge on any atom is 0.143 e. The first-order chi connectivity index (χ1) is 5.79. The second-order valence-corrected chi connectivity index (χ2v) is 3.22. The molecule has 0 spiro atoms. The van der Waals surface area contributed by atoms with Crippen LogP contribution in [0.25, 0.3) is 10.9 Å². The van der Waals surface area contributed by atoms with Crippen LogP contribution in [-0.4, -0.2) is 15.3 Å². The van der Waals surface area contributed by atoms with Crippen molar-refractivity contribution in [2.75, 3.05) is 0 Å². The molecule has 1 heterocycles. The molecule has 0 saturated carbocycles. The fourth-order valence-electron chi connectivity index (χ4n) is 1.04. The molecule has 0 atom stereocenters. The Balaban J connectivity index is 2.94. The van der Waals surface area contributed by atoms with Gasteiger partial charge in [0.1, 0.15) is 11.3 Å². The van der Waals surface area contributed by atoms with Gasteiger partial charge in [-0.3, -0.25) is 0 Å². The molecule has 0 unspecified atom stereocenters. The van der Waals surface area contributed by atoms with Crippen LogP contribution in [0.2, 0.25) is 0 Å². The van der Waals surface area contributed by atoms with E-state index in [9.17, 15) is 5.11 Å². The van der Waals surface area contributed by atoms with E-state index in [0.29, 0.717) is 5.52 Å². The van der Waals surface area contributed by atoms with Gasteiger partial charge in [-0.05, 0) is 22.0 Å². The predicted octanol–water partition coefficient (Wildman–Crippen LogP) is 2.10. The summed E-state index contributed by atoms with van der Waals surface area (Å²) < 4.78 is 0.836. The molecule has 0 amide bonds. The van der Waals surface area contributed by atoms with E-state index in [1.807, 2.05) is 6.07 Å². The molecule has 1 N–H and O–H groups in total. The van der Waals surface area contributed by atoms with Gasteiger partial charge in [0.25, 0.3) is 0 Å². The van der Waals surface area contributed by atoms with Crippen molar-refractivity contribution < 1.29 is 5.11 Å². The average molecular weight is 225 g/mol. The van der Waals surface area contributed by atoms with E-state index in [4.69, 9.17) is 0 Å². The molecule has 1 aromatic carbocycles. The highest BCUT2D eigenvalue weighted by Gasteiger charge is 2.02. The molecular weight excluding hydrogens is 220 g/mol. The van der Waals surface area contributed by atoms with Crippen molar-refractivity contribution in [2.45, 2.75) is 0 Å². The molecule has 0 fully saturated rings. The molecule has 0 radical (unpaired) electrons. The third kappa shape index (κ3) is 1.04. The van der Waals surface area contributed by atoms with Crippen molar-refractivity contribution in [3.8, 4) is 5.75 Å². The summed E-state index contributed by atoms with van der Waals surface area (Å²) in [5, 5.41) is 17.8. The van der Waals surface area contributed by atoms with E-state index in [-0.39, 0.29) is 5.75 Å². The zero-order valence-corrected chi connectivity index (χ0v) is 7.62. The molecule has 60 valence electrons. The van der Waals surface area contributed by atoms with Crippen LogP contribution in [0, 0.1) is 0 Å². The van der Waals surface area contributed by atoms with E-state index in [1.165, 1.54) is 0 Å². The second-order valence-electron chi connectivity index (χ2n) is 2.37. The largest absolute Gasteiger partial charge is 0.506 e. The minimum Gasteiger partial charge on any atom is -0.506 e. The Morgan fingerprint density at radius 2 is 2.17 bits per heavy atom. The number of rotatable bonds is 0. The highest BCUT2D eigenvalue weighted by Crippen LogP contribution is 2.26. The first-order valence-corrected chi connectivity index (χ1v) is 4.17. The lowest BCUT2D eigenvalue weighted by Crippen LogP contribution is -1.84. The fraction of sp³-hybridized carbons (Fsp3) is 0. The summed E-state index contributed by atoms with van der Waals surface area (Å²) in [6.45, 7) is 0. The lowest BCUT2D eigenvalue weighted by molar-refractivity contribution is 0.480. The number of phenolic OH excluding ortho intramolecular Hbond substituents is 1. The van der Waals surface area contributed by atoms with Crippen molar-refractivity contribution in [3.05, 3.63) is 28.9 Å². The molecule has 0 aliphatic rings. The number of hydrogen-bond acceptors (Lipinski definition) is 3. The van der Waals surface area contributed by atoms with Gasteiger partial charge in [0.15, 0.2) is 0 Å². The monoisotopic (exact) mass is 224 g/mol. The van der Waals surface area contributed by atoms with Gasteiger partial charge in [0.05, 0.1) is 6.20 Å². The topological polar surface area (TPSA) is 46.0 Å². The van der Waals surface area contributed by atoms with Gasteiger partial charge in [0.2, 0.25) is 0 Å². The number of aromatic hydroxyl groups is 1. The molecule has 0 bridgehead atoms. The molecule has 2 rings (SSSR count). The van der Waals surface area contributed by atoms with Crippen LogP contribution in [-0.2, 0) is 0 Å². The lowest BCUT2D eigenvalue weighted by atomic mass is 10.2. The summed E-state index contributed by atoms with van der Waals surface area (Å²) in [6.07, 6.45) is 1.60. The van der Waals surface area contributed by atoms with Crippen molar-refractivity contribution >= 4 is 26.8 Å². The van der Waals surface area contributed by atoms with Crippen LogP contribution in [0.3, 0.4) is 0 Å². The summed E-state index contributed by atoms with van der Waals surface area (Å²) in [6, 6.07) is 5.22. The standard InChI is InChI=1S/C8H5BrN2O/c9-6-4-10-11-8-5(6)2-1-3-7(8)12/h1-4,12H. The number of hydrogen-bond donors (Lipinski definition) is 1. The number of benzene rings is 1. The summed E-state index contributed by atoms with van der Waals surface area (Å²) >= 11 is 3.32. The zero-order chi connectivity index (χ0) is 8.55. The van der Waals surface area contributed by atoms with Crippen LogP contribution in [0.5, 0.6) is 5.75 Å². The molecule has 3 nitrogen and oxygen atoms in total. The minimum absolute atomic E-state index is 0.154. The molecule has 4 heteroatoms. The summed E-state index contributed by atoms with van der Waals surface area (Å²) in [5.41, 5.74) is 0.520. The van der Waals surface area contributed by atoms with Gasteiger partial charge in [-0.2, -0.15) is 5.10 Å². The second kappa shape index (κ2) is 2.71. The molecule has 2 aromatic rings. The van der Waals surface area contributed by atoms with Crippen molar-refractivity contribution in [1.82, 2.24) is 10.2 Å². The molecule has 0 aliphatic heterocycles. The molecule has 1 aromatic heterocycles. The summed E-state index contributed by atoms with van der Waals surface area (Å²) in [7, 11) is 0. The molecule has 0 saturated heterocycles. The van der Waals surface area contributed by atoms with Crippen LogP contribution < -0.4 is 0 Å². The fourth-order valence-corrected chi connectivity index (χ4v) is 1.45. The van der Waals surface area contributed by atoms with Gasteiger partial charge >= 0.3 is 0 Å². The average Bonchev–Trinajstić information content (AvgIpc) is 2.07. The summed E-state index contributed by atoms with van der Waals surface area (Å²) in [4.78, 5) is 0. The zero-order valence-electron chi connectivity index (χ0n) is 6.03. The van der Waals surface area contributed by atoms with E-state index in [1.54, 1.807) is 18.3 Å². The Bertz CT molecular complexity index is 389. The predicted molar refractivity (Wildman–Crippen MR) is 48.9 cm³/mol. The molecular formula is C8H5BrN2O. The maximum atomic E-state index is 9.37. The van der Waals surface area contributed by atoms with Gasteiger partial charge in [-0.1, -0.05) is 12.1 Å². The third-order valence-corrected chi connectivity index (χ3v) is 2.23. The SMILES string of the molecule is Oc1cccc2c(Br)cnnc12. The van der Waals surface area contributed by atoms with Gasteiger partial charge in [-0.25, -0.2) is 0 Å². The number of nitrogens with zero attached hydrogens (tertiary/aromatic N) is 2. The normalized spacial score (nSPS) is 10.4. The quantitative estimate of drug-likeness (QED) is 0.746. The van der Waals surface area contributed by atoms with E-state index in [2.05, 4.69) is 26.1 Å². The van der Waals surface area contributed by atoms with Crippen molar-refractivity contribution in [2.24, 2.45) is 0 Å².